The molecular formula is C18H17BrFNO2. The fourth-order valence-corrected chi connectivity index (χ4v) is 3.21. The summed E-state index contributed by atoms with van der Waals surface area (Å²) in [5, 5.41) is 0. The molecule has 23 heavy (non-hydrogen) atoms. The van der Waals surface area contributed by atoms with Gasteiger partial charge in [-0.3, -0.25) is 4.79 Å². The monoisotopic (exact) mass is 377 g/mol. The van der Waals surface area contributed by atoms with Gasteiger partial charge in [0.05, 0.1) is 12.2 Å². The van der Waals surface area contributed by atoms with Gasteiger partial charge in [0.2, 0.25) is 0 Å². The summed E-state index contributed by atoms with van der Waals surface area (Å²) >= 11 is 3.33. The van der Waals surface area contributed by atoms with Crippen molar-refractivity contribution < 1.29 is 13.9 Å². The number of carbonyl (C=O) groups is 1. The number of ether oxygens (including phenoxy) is 1. The number of rotatable bonds is 3. The molecule has 0 bridgehead atoms. The molecule has 1 aliphatic heterocycles. The first-order valence-corrected chi connectivity index (χ1v) is 8.36. The predicted molar refractivity (Wildman–Crippen MR) is 90.2 cm³/mol. The number of hydrogen-bond donors (Lipinski definition) is 0. The molecule has 0 aliphatic carbocycles. The van der Waals surface area contributed by atoms with Crippen LogP contribution in [-0.4, -0.2) is 24.0 Å². The predicted octanol–water partition coefficient (Wildman–Crippen LogP) is 4.19. The highest BCUT2D eigenvalue weighted by atomic mass is 79.9. The molecular weight excluding hydrogens is 361 g/mol. The molecule has 0 fully saturated rings. The van der Waals surface area contributed by atoms with Crippen LogP contribution in [0.5, 0.6) is 5.75 Å². The average Bonchev–Trinajstić information content (AvgIpc) is 2.56. The van der Waals surface area contributed by atoms with Crippen LogP contribution in [0.1, 0.15) is 28.4 Å². The fourth-order valence-electron chi connectivity index (χ4n) is 2.79. The summed E-state index contributed by atoms with van der Waals surface area (Å²) in [7, 11) is 0. The maximum atomic E-state index is 13.4. The number of hydrogen-bond acceptors (Lipinski definition) is 2. The molecule has 0 atom stereocenters. The van der Waals surface area contributed by atoms with Crippen molar-refractivity contribution in [2.24, 2.45) is 0 Å². The molecule has 1 heterocycles. The summed E-state index contributed by atoms with van der Waals surface area (Å²) in [6.07, 6.45) is 0.792. The van der Waals surface area contributed by atoms with E-state index < -0.39 is 5.82 Å². The third kappa shape index (κ3) is 3.39. The van der Waals surface area contributed by atoms with Crippen molar-refractivity contribution in [3.63, 3.8) is 0 Å². The molecule has 0 N–H and O–H groups in total. The first-order chi connectivity index (χ1) is 11.1. The van der Waals surface area contributed by atoms with Crippen LogP contribution in [0.15, 0.2) is 40.9 Å². The van der Waals surface area contributed by atoms with E-state index >= 15 is 0 Å². The van der Waals surface area contributed by atoms with E-state index in [0.717, 1.165) is 17.7 Å². The zero-order valence-corrected chi connectivity index (χ0v) is 14.4. The van der Waals surface area contributed by atoms with Crippen LogP contribution in [0.25, 0.3) is 0 Å². The van der Waals surface area contributed by atoms with Gasteiger partial charge in [-0.05, 0) is 70.7 Å². The maximum Gasteiger partial charge on any atom is 0.255 e. The van der Waals surface area contributed by atoms with E-state index in [-0.39, 0.29) is 5.91 Å². The summed E-state index contributed by atoms with van der Waals surface area (Å²) < 4.78 is 19.6. The smallest absolute Gasteiger partial charge is 0.255 e. The summed E-state index contributed by atoms with van der Waals surface area (Å²) in [5.41, 5.74) is 2.67. The topological polar surface area (TPSA) is 29.5 Å². The third-order valence-electron chi connectivity index (χ3n) is 3.95. The Morgan fingerprint density at radius 2 is 2.09 bits per heavy atom. The van der Waals surface area contributed by atoms with Gasteiger partial charge in [0.1, 0.15) is 11.6 Å². The molecule has 0 spiro atoms. The quantitative estimate of drug-likeness (QED) is 0.802. The Morgan fingerprint density at radius 1 is 1.26 bits per heavy atom. The average molecular weight is 378 g/mol. The van der Waals surface area contributed by atoms with Crippen molar-refractivity contribution in [3.8, 4) is 5.75 Å². The van der Waals surface area contributed by atoms with E-state index in [4.69, 9.17) is 4.74 Å². The van der Waals surface area contributed by atoms with Gasteiger partial charge in [-0.2, -0.15) is 0 Å². The van der Waals surface area contributed by atoms with E-state index in [1.54, 1.807) is 11.0 Å². The number of amides is 1. The molecule has 2 aromatic carbocycles. The zero-order chi connectivity index (χ0) is 16.4. The number of carbonyl (C=O) groups excluding carboxylic acids is 1. The van der Waals surface area contributed by atoms with Crippen molar-refractivity contribution in [2.75, 3.05) is 13.2 Å². The first kappa shape index (κ1) is 16.0. The molecule has 0 unspecified atom stereocenters. The molecule has 1 amide bonds. The van der Waals surface area contributed by atoms with Crippen LogP contribution in [0.2, 0.25) is 0 Å². The van der Waals surface area contributed by atoms with Crippen molar-refractivity contribution in [1.29, 1.82) is 0 Å². The van der Waals surface area contributed by atoms with Crippen LogP contribution in [0, 0.1) is 5.82 Å². The minimum absolute atomic E-state index is 0.163. The Labute approximate surface area is 143 Å². The standard InChI is InChI=1S/C18H17BrFNO2/c1-2-23-15-5-3-12-7-8-21(11-13(12)9-15)18(22)16-10-14(20)4-6-17(16)19/h3-6,9-10H,2,7-8,11H2,1H3. The van der Waals surface area contributed by atoms with Gasteiger partial charge in [-0.1, -0.05) is 6.07 Å². The molecule has 3 nitrogen and oxygen atoms in total. The van der Waals surface area contributed by atoms with Crippen LogP contribution < -0.4 is 4.74 Å². The Balaban J connectivity index is 1.84. The van der Waals surface area contributed by atoms with Gasteiger partial charge in [-0.25, -0.2) is 4.39 Å². The van der Waals surface area contributed by atoms with E-state index in [2.05, 4.69) is 22.0 Å². The van der Waals surface area contributed by atoms with Gasteiger partial charge in [0, 0.05) is 17.6 Å². The molecule has 1 aliphatic rings. The Morgan fingerprint density at radius 3 is 2.87 bits per heavy atom. The normalized spacial score (nSPS) is 13.6. The molecule has 120 valence electrons. The SMILES string of the molecule is CCOc1ccc2c(c1)CN(C(=O)c1cc(F)ccc1Br)CC2. The highest BCUT2D eigenvalue weighted by Crippen LogP contribution is 2.26. The molecule has 2 aromatic rings. The van der Waals surface area contributed by atoms with Gasteiger partial charge in [-0.15, -0.1) is 0 Å². The number of benzene rings is 2. The zero-order valence-electron chi connectivity index (χ0n) is 12.8. The fraction of sp³-hybridized carbons (Fsp3) is 0.278. The summed E-state index contributed by atoms with van der Waals surface area (Å²) in [4.78, 5) is 14.4. The Bertz CT molecular complexity index is 748. The van der Waals surface area contributed by atoms with Crippen LogP contribution in [-0.2, 0) is 13.0 Å². The lowest BCUT2D eigenvalue weighted by Crippen LogP contribution is -2.36. The second-order valence-electron chi connectivity index (χ2n) is 5.46. The van der Waals surface area contributed by atoms with Crippen molar-refractivity contribution in [2.45, 2.75) is 19.9 Å². The lowest BCUT2D eigenvalue weighted by molar-refractivity contribution is 0.0733. The summed E-state index contributed by atoms with van der Waals surface area (Å²) in [5.74, 6) is 0.240. The van der Waals surface area contributed by atoms with Gasteiger partial charge >= 0.3 is 0 Å². The Hall–Kier alpha value is -1.88. The van der Waals surface area contributed by atoms with Crippen LogP contribution in [0.3, 0.4) is 0 Å². The van der Waals surface area contributed by atoms with Crippen LogP contribution >= 0.6 is 15.9 Å². The van der Waals surface area contributed by atoms with Gasteiger partial charge in [0.25, 0.3) is 5.91 Å². The lowest BCUT2D eigenvalue weighted by Gasteiger charge is -2.29. The van der Waals surface area contributed by atoms with E-state index in [1.807, 2.05) is 19.1 Å². The molecule has 0 saturated heterocycles. The van der Waals surface area contributed by atoms with E-state index in [9.17, 15) is 9.18 Å². The second kappa shape index (κ2) is 6.71. The molecule has 0 saturated carbocycles. The van der Waals surface area contributed by atoms with Gasteiger partial charge in [0.15, 0.2) is 0 Å². The van der Waals surface area contributed by atoms with Crippen LogP contribution in [0.4, 0.5) is 4.39 Å². The minimum atomic E-state index is -0.410. The largest absolute Gasteiger partial charge is 0.494 e. The molecule has 0 radical (unpaired) electrons. The molecule has 0 aromatic heterocycles. The van der Waals surface area contributed by atoms with E-state index in [1.165, 1.54) is 17.7 Å². The molecule has 3 rings (SSSR count). The van der Waals surface area contributed by atoms with Crippen molar-refractivity contribution in [1.82, 2.24) is 4.90 Å². The third-order valence-corrected chi connectivity index (χ3v) is 4.64. The highest BCUT2D eigenvalue weighted by Gasteiger charge is 2.24. The lowest BCUT2D eigenvalue weighted by atomic mass is 9.99. The van der Waals surface area contributed by atoms with Crippen molar-refractivity contribution >= 4 is 21.8 Å². The number of nitrogens with zero attached hydrogens (tertiary/aromatic N) is 1. The summed E-state index contributed by atoms with van der Waals surface area (Å²) in [6.45, 7) is 3.69. The maximum absolute atomic E-state index is 13.4. The highest BCUT2D eigenvalue weighted by molar-refractivity contribution is 9.10. The second-order valence-corrected chi connectivity index (χ2v) is 6.32. The van der Waals surface area contributed by atoms with E-state index in [0.29, 0.717) is 29.7 Å². The number of halogens is 2. The van der Waals surface area contributed by atoms with Crippen molar-refractivity contribution in [3.05, 3.63) is 63.4 Å². The summed E-state index contributed by atoms with van der Waals surface area (Å²) in [6, 6.07) is 10.2. The number of fused-ring (bicyclic) bond motifs is 1. The molecule has 5 heteroatoms. The van der Waals surface area contributed by atoms with Gasteiger partial charge < -0.3 is 9.64 Å². The first-order valence-electron chi connectivity index (χ1n) is 7.57. The Kier molecular flexibility index (Phi) is 4.66. The minimum Gasteiger partial charge on any atom is -0.494 e.